The maximum atomic E-state index is 13.4. The third-order valence-electron chi connectivity index (χ3n) is 4.37. The highest BCUT2D eigenvalue weighted by Gasteiger charge is 2.44. The Morgan fingerprint density at radius 2 is 2.26 bits per heavy atom. The number of aliphatic hydroxyl groups is 1. The topological polar surface area (TPSA) is 81.8 Å². The molecule has 5 nitrogen and oxygen atoms in total. The van der Waals surface area contributed by atoms with Crippen LogP contribution in [0.15, 0.2) is 23.3 Å². The van der Waals surface area contributed by atoms with Gasteiger partial charge in [0.25, 0.3) is 12.0 Å². The summed E-state index contributed by atoms with van der Waals surface area (Å²) in [5.74, 6) is 0. The molecule has 3 aromatic heterocycles. The van der Waals surface area contributed by atoms with Gasteiger partial charge in [0.05, 0.1) is 11.9 Å². The van der Waals surface area contributed by atoms with Crippen molar-refractivity contribution in [3.63, 3.8) is 0 Å². The first kappa shape index (κ1) is 14.5. The molecule has 3 heterocycles. The number of thiophene rings is 1. The van der Waals surface area contributed by atoms with Crippen LogP contribution in [0.1, 0.15) is 24.1 Å². The van der Waals surface area contributed by atoms with E-state index in [0.717, 1.165) is 10.4 Å². The number of fused-ring (bicyclic) bond motifs is 3. The number of hydrogen-bond acceptors (Lipinski definition) is 4. The van der Waals surface area contributed by atoms with E-state index >= 15 is 0 Å². The molecule has 0 saturated carbocycles. The summed E-state index contributed by atoms with van der Waals surface area (Å²) in [4.78, 5) is 15.7. The van der Waals surface area contributed by atoms with Gasteiger partial charge in [-0.1, -0.05) is 0 Å². The Morgan fingerprint density at radius 3 is 2.96 bits per heavy atom. The molecule has 0 unspecified atom stereocenters. The van der Waals surface area contributed by atoms with Crippen LogP contribution in [0, 0.1) is 0 Å². The summed E-state index contributed by atoms with van der Waals surface area (Å²) in [5.41, 5.74) is -1.32. The highest BCUT2D eigenvalue weighted by atomic mass is 32.1. The lowest BCUT2D eigenvalue weighted by molar-refractivity contribution is -0.114. The molecule has 0 aromatic carbocycles. The summed E-state index contributed by atoms with van der Waals surface area (Å²) in [5, 5.41) is 17.6. The summed E-state index contributed by atoms with van der Waals surface area (Å²) in [7, 11) is 0. The number of alkyl halides is 2. The summed E-state index contributed by atoms with van der Waals surface area (Å²) < 4.78 is 27.2. The average molecular weight is 337 g/mol. The molecule has 1 aliphatic rings. The fourth-order valence-electron chi connectivity index (χ4n) is 3.20. The number of H-pyrrole nitrogens is 2. The van der Waals surface area contributed by atoms with Crippen molar-refractivity contribution in [3.8, 4) is 10.4 Å². The fourth-order valence-corrected chi connectivity index (χ4v) is 4.26. The quantitative estimate of drug-likeness (QED) is 0.672. The first-order valence-electron chi connectivity index (χ1n) is 7.19. The molecule has 8 heteroatoms. The van der Waals surface area contributed by atoms with Gasteiger partial charge in [-0.15, -0.1) is 11.3 Å². The molecule has 0 aliphatic heterocycles. The minimum Gasteiger partial charge on any atom is -0.378 e. The highest BCUT2D eigenvalue weighted by molar-refractivity contribution is 7.22. The second-order valence-corrected chi connectivity index (χ2v) is 6.78. The fraction of sp³-hybridized carbons (Fsp3) is 0.333. The van der Waals surface area contributed by atoms with Gasteiger partial charge < -0.3 is 10.1 Å². The lowest BCUT2D eigenvalue weighted by Gasteiger charge is -2.33. The van der Waals surface area contributed by atoms with Gasteiger partial charge in [0, 0.05) is 22.0 Å². The number of aryl methyl sites for hydroxylation is 1. The molecule has 4 rings (SSSR count). The zero-order valence-corrected chi connectivity index (χ0v) is 12.7. The van der Waals surface area contributed by atoms with E-state index in [-0.39, 0.29) is 12.1 Å². The van der Waals surface area contributed by atoms with E-state index in [4.69, 9.17) is 0 Å². The predicted molar refractivity (Wildman–Crippen MR) is 82.9 cm³/mol. The molecule has 1 atom stereocenters. The monoisotopic (exact) mass is 337 g/mol. The molecule has 23 heavy (non-hydrogen) atoms. The Labute approximate surface area is 133 Å². The van der Waals surface area contributed by atoms with Crippen LogP contribution in [-0.4, -0.2) is 26.7 Å². The Balaban J connectivity index is 2.01. The Kier molecular flexibility index (Phi) is 3.14. The second-order valence-electron chi connectivity index (χ2n) is 5.73. The van der Waals surface area contributed by atoms with Gasteiger partial charge in [0.1, 0.15) is 4.70 Å². The number of hydrogen-bond donors (Lipinski definition) is 3. The molecule has 3 aromatic rings. The van der Waals surface area contributed by atoms with Crippen molar-refractivity contribution in [2.45, 2.75) is 31.3 Å². The van der Waals surface area contributed by atoms with E-state index in [1.807, 2.05) is 6.07 Å². The van der Waals surface area contributed by atoms with Crippen LogP contribution in [0.25, 0.3) is 20.5 Å². The van der Waals surface area contributed by atoms with E-state index in [9.17, 15) is 18.7 Å². The Morgan fingerprint density at radius 1 is 1.43 bits per heavy atom. The van der Waals surface area contributed by atoms with E-state index in [1.165, 1.54) is 11.3 Å². The normalized spacial score (nSPS) is 21.0. The van der Waals surface area contributed by atoms with Crippen LogP contribution >= 0.6 is 11.3 Å². The zero-order chi connectivity index (χ0) is 16.2. The largest absolute Gasteiger partial charge is 0.378 e. The van der Waals surface area contributed by atoms with Crippen LogP contribution in [-0.2, 0) is 12.0 Å². The first-order chi connectivity index (χ1) is 11.0. The molecule has 0 radical (unpaired) electrons. The van der Waals surface area contributed by atoms with Crippen molar-refractivity contribution in [1.82, 2.24) is 15.2 Å². The molecular formula is C15H13F2N3O2S. The number of nitrogens with zero attached hydrogens (tertiary/aromatic N) is 1. The molecule has 1 aliphatic carbocycles. The molecule has 0 spiro atoms. The number of aromatic amines is 2. The smallest absolute Gasteiger partial charge is 0.272 e. The van der Waals surface area contributed by atoms with E-state index in [0.29, 0.717) is 28.5 Å². The van der Waals surface area contributed by atoms with Crippen LogP contribution in [0.5, 0.6) is 0 Å². The summed E-state index contributed by atoms with van der Waals surface area (Å²) in [6.07, 6.45) is 1.35. The van der Waals surface area contributed by atoms with Gasteiger partial charge in [0.15, 0.2) is 5.60 Å². The van der Waals surface area contributed by atoms with Crippen molar-refractivity contribution in [3.05, 3.63) is 40.1 Å². The van der Waals surface area contributed by atoms with Crippen molar-refractivity contribution in [1.29, 1.82) is 0 Å². The SMILES string of the molecule is O=c1[nH]c2c(c3cc(-c4cn[nH]c4)sc13)CCC[C@]2(O)C(F)F. The Bertz CT molecular complexity index is 932. The van der Waals surface area contributed by atoms with E-state index in [1.54, 1.807) is 12.4 Å². The summed E-state index contributed by atoms with van der Waals surface area (Å²) in [6.45, 7) is 0. The first-order valence-corrected chi connectivity index (χ1v) is 8.01. The third-order valence-corrected chi connectivity index (χ3v) is 5.55. The van der Waals surface area contributed by atoms with Crippen molar-refractivity contribution in [2.75, 3.05) is 0 Å². The predicted octanol–water partition coefficient (Wildman–Crippen LogP) is 2.77. The van der Waals surface area contributed by atoms with Crippen molar-refractivity contribution >= 4 is 21.4 Å². The lowest BCUT2D eigenvalue weighted by Crippen LogP contribution is -2.40. The third kappa shape index (κ3) is 2.05. The molecule has 3 N–H and O–H groups in total. The van der Waals surface area contributed by atoms with Crippen LogP contribution in [0.4, 0.5) is 8.78 Å². The maximum Gasteiger partial charge on any atom is 0.272 e. The zero-order valence-electron chi connectivity index (χ0n) is 11.9. The van der Waals surface area contributed by atoms with Crippen molar-refractivity contribution in [2.24, 2.45) is 0 Å². The minimum absolute atomic E-state index is 0.0345. The van der Waals surface area contributed by atoms with Gasteiger partial charge in [-0.25, -0.2) is 8.78 Å². The van der Waals surface area contributed by atoms with Crippen LogP contribution in [0.3, 0.4) is 0 Å². The van der Waals surface area contributed by atoms with Crippen LogP contribution < -0.4 is 5.56 Å². The van der Waals surface area contributed by atoms with Gasteiger partial charge in [0.2, 0.25) is 0 Å². The van der Waals surface area contributed by atoms with Crippen molar-refractivity contribution < 1.29 is 13.9 Å². The summed E-state index contributed by atoms with van der Waals surface area (Å²) >= 11 is 1.29. The van der Waals surface area contributed by atoms with E-state index < -0.39 is 17.6 Å². The maximum absolute atomic E-state index is 13.4. The number of pyridine rings is 1. The minimum atomic E-state index is -2.94. The molecule has 120 valence electrons. The standard InChI is InChI=1S/C15H13F2N3O2S/c16-14(17)15(22)3-1-2-8-9-4-10(7-5-18-19-6-7)23-11(9)13(21)20-12(8)15/h4-6,14,22H,1-3H2,(H,18,19)(H,20,21)/t15-/m1/s1. The van der Waals surface area contributed by atoms with Gasteiger partial charge >= 0.3 is 0 Å². The van der Waals surface area contributed by atoms with Gasteiger partial charge in [-0.05, 0) is 30.9 Å². The number of halogens is 2. The van der Waals surface area contributed by atoms with Crippen LogP contribution in [0.2, 0.25) is 0 Å². The highest BCUT2D eigenvalue weighted by Crippen LogP contribution is 2.42. The lowest BCUT2D eigenvalue weighted by atomic mass is 9.82. The van der Waals surface area contributed by atoms with E-state index in [2.05, 4.69) is 15.2 Å². The Hall–Kier alpha value is -2.06. The number of aromatic nitrogens is 3. The number of rotatable bonds is 2. The number of nitrogens with one attached hydrogen (secondary N) is 2. The van der Waals surface area contributed by atoms with Gasteiger partial charge in [-0.2, -0.15) is 5.10 Å². The second kappa shape index (κ2) is 4.97. The average Bonchev–Trinajstić information content (AvgIpc) is 3.17. The van der Waals surface area contributed by atoms with Gasteiger partial charge in [-0.3, -0.25) is 9.89 Å². The molecular weight excluding hydrogens is 324 g/mol. The molecule has 0 amide bonds. The summed E-state index contributed by atoms with van der Waals surface area (Å²) in [6, 6.07) is 1.82. The molecule has 0 bridgehead atoms. The molecule has 0 saturated heterocycles. The molecule has 0 fully saturated rings.